The van der Waals surface area contributed by atoms with Crippen LogP contribution in [0.15, 0.2) is 61.0 Å². The lowest BCUT2D eigenvalue weighted by atomic mass is 10.2. The van der Waals surface area contributed by atoms with Crippen LogP contribution in [0.2, 0.25) is 0 Å². The Morgan fingerprint density at radius 2 is 1.91 bits per heavy atom. The molecule has 2 aromatic rings. The topological polar surface area (TPSA) is 27.1 Å². The smallest absolute Gasteiger partial charge is 0.406 e. The molecule has 1 heterocycles. The number of nitrogens with zero attached hydrogens (tertiary/aromatic N) is 2. The van der Waals surface area contributed by atoms with E-state index in [4.69, 9.17) is 0 Å². The molecule has 1 aromatic heterocycles. The molecule has 0 spiro atoms. The molecular weight excluding hydrogens is 305 g/mol. The van der Waals surface area contributed by atoms with Gasteiger partial charge in [-0.05, 0) is 49.6 Å². The first-order valence-electron chi connectivity index (χ1n) is 7.15. The average Bonchev–Trinajstić information content (AvgIpc) is 2.95. The Morgan fingerprint density at radius 1 is 1.17 bits per heavy atom. The molecule has 6 heteroatoms. The lowest BCUT2D eigenvalue weighted by Gasteiger charge is -2.09. The molecule has 0 N–H and O–H groups in total. The normalized spacial score (nSPS) is 12.3. The Hall–Kier alpha value is -2.50. The van der Waals surface area contributed by atoms with Crippen molar-refractivity contribution in [2.75, 3.05) is 0 Å². The fraction of sp³-hybridized carbons (Fsp3) is 0.235. The molecule has 3 nitrogen and oxygen atoms in total. The highest BCUT2D eigenvalue weighted by Gasteiger charge is 2.30. The van der Waals surface area contributed by atoms with Crippen LogP contribution in [-0.4, -0.2) is 16.1 Å². The molecule has 0 atom stereocenters. The molecule has 0 radical (unpaired) electrons. The quantitative estimate of drug-likeness (QED) is 0.712. The van der Waals surface area contributed by atoms with E-state index in [1.165, 1.54) is 24.3 Å². The van der Waals surface area contributed by atoms with Crippen LogP contribution in [0.3, 0.4) is 0 Å². The van der Waals surface area contributed by atoms with Crippen LogP contribution in [-0.2, 0) is 6.42 Å². The van der Waals surface area contributed by atoms with Crippen LogP contribution in [0.1, 0.15) is 18.9 Å². The highest BCUT2D eigenvalue weighted by atomic mass is 19.4. The molecule has 0 bridgehead atoms. The predicted octanol–water partition coefficient (Wildman–Crippen LogP) is 4.84. The van der Waals surface area contributed by atoms with Crippen LogP contribution in [0.25, 0.3) is 5.69 Å². The van der Waals surface area contributed by atoms with Gasteiger partial charge >= 0.3 is 6.36 Å². The summed E-state index contributed by atoms with van der Waals surface area (Å²) >= 11 is 0. The van der Waals surface area contributed by atoms with Gasteiger partial charge in [0.15, 0.2) is 0 Å². The predicted molar refractivity (Wildman–Crippen MR) is 82.5 cm³/mol. The van der Waals surface area contributed by atoms with Crippen molar-refractivity contribution < 1.29 is 17.9 Å². The summed E-state index contributed by atoms with van der Waals surface area (Å²) in [6, 6.07) is 5.60. The second-order valence-corrected chi connectivity index (χ2v) is 4.83. The number of hydrogen-bond donors (Lipinski definition) is 0. The van der Waals surface area contributed by atoms with E-state index in [2.05, 4.69) is 15.9 Å². The third-order valence-electron chi connectivity index (χ3n) is 3.01. The number of aromatic nitrogens is 2. The van der Waals surface area contributed by atoms with E-state index in [9.17, 15) is 13.2 Å². The number of benzene rings is 1. The van der Waals surface area contributed by atoms with Crippen LogP contribution >= 0.6 is 0 Å². The van der Waals surface area contributed by atoms with E-state index in [0.717, 1.165) is 18.4 Å². The number of ether oxygens (including phenoxy) is 1. The standard InChI is InChI=1S/C17H17F3N2O/c1-2-3-4-5-6-7-14-12-21-22(13-14)15-8-10-16(11-9-15)23-17(18,19)20/h2-5,8-13H,6-7H2,1H3/b3-2-,5-4-. The van der Waals surface area contributed by atoms with E-state index >= 15 is 0 Å². The third kappa shape index (κ3) is 5.65. The zero-order valence-electron chi connectivity index (χ0n) is 12.6. The number of rotatable bonds is 6. The van der Waals surface area contributed by atoms with Crippen molar-refractivity contribution in [1.29, 1.82) is 0 Å². The van der Waals surface area contributed by atoms with Crippen molar-refractivity contribution in [3.63, 3.8) is 0 Å². The van der Waals surface area contributed by atoms with Gasteiger partial charge in [0.05, 0.1) is 11.9 Å². The largest absolute Gasteiger partial charge is 0.573 e. The lowest BCUT2D eigenvalue weighted by Crippen LogP contribution is -2.17. The molecule has 0 aliphatic heterocycles. The van der Waals surface area contributed by atoms with Crippen LogP contribution in [0.4, 0.5) is 13.2 Å². The van der Waals surface area contributed by atoms with Crippen molar-refractivity contribution >= 4 is 0 Å². The summed E-state index contributed by atoms with van der Waals surface area (Å²) in [5.41, 5.74) is 1.74. The van der Waals surface area contributed by atoms with Crippen LogP contribution in [0, 0.1) is 0 Å². The van der Waals surface area contributed by atoms with Gasteiger partial charge in [-0.15, -0.1) is 13.2 Å². The van der Waals surface area contributed by atoms with E-state index in [0.29, 0.717) is 5.69 Å². The van der Waals surface area contributed by atoms with E-state index < -0.39 is 6.36 Å². The summed E-state index contributed by atoms with van der Waals surface area (Å²) in [4.78, 5) is 0. The molecule has 0 saturated heterocycles. The maximum atomic E-state index is 12.1. The second kappa shape index (κ2) is 7.67. The van der Waals surface area contributed by atoms with Gasteiger partial charge in [-0.2, -0.15) is 5.10 Å². The molecule has 1 aromatic carbocycles. The zero-order valence-corrected chi connectivity index (χ0v) is 12.6. The zero-order chi connectivity index (χ0) is 16.7. The van der Waals surface area contributed by atoms with E-state index in [1.807, 2.05) is 31.3 Å². The molecule has 0 amide bonds. The first-order valence-corrected chi connectivity index (χ1v) is 7.15. The molecule has 23 heavy (non-hydrogen) atoms. The Balaban J connectivity index is 1.97. The molecule has 122 valence electrons. The van der Waals surface area contributed by atoms with Gasteiger partial charge in [0.1, 0.15) is 5.75 Å². The van der Waals surface area contributed by atoms with Crippen molar-refractivity contribution in [1.82, 2.24) is 9.78 Å². The highest BCUT2D eigenvalue weighted by molar-refractivity contribution is 5.37. The SMILES string of the molecule is C/C=C\C=C/CCc1cnn(-c2ccc(OC(F)(F)F)cc2)c1. The molecule has 0 aliphatic carbocycles. The van der Waals surface area contributed by atoms with Gasteiger partial charge < -0.3 is 4.74 Å². The Morgan fingerprint density at radius 3 is 2.57 bits per heavy atom. The maximum Gasteiger partial charge on any atom is 0.573 e. The van der Waals surface area contributed by atoms with Crippen LogP contribution in [0.5, 0.6) is 5.75 Å². The molecule has 2 rings (SSSR count). The molecule has 0 unspecified atom stereocenters. The van der Waals surface area contributed by atoms with Gasteiger partial charge in [-0.1, -0.05) is 24.3 Å². The summed E-state index contributed by atoms with van der Waals surface area (Å²) in [6.45, 7) is 1.96. The summed E-state index contributed by atoms with van der Waals surface area (Å²) in [7, 11) is 0. The monoisotopic (exact) mass is 322 g/mol. The minimum absolute atomic E-state index is 0.247. The molecular formula is C17H17F3N2O. The minimum atomic E-state index is -4.68. The molecule has 0 fully saturated rings. The van der Waals surface area contributed by atoms with Crippen molar-refractivity contribution in [2.45, 2.75) is 26.1 Å². The second-order valence-electron chi connectivity index (χ2n) is 4.83. The van der Waals surface area contributed by atoms with Gasteiger partial charge in [0.25, 0.3) is 0 Å². The fourth-order valence-electron chi connectivity index (χ4n) is 1.97. The number of hydrogen-bond acceptors (Lipinski definition) is 2. The third-order valence-corrected chi connectivity index (χ3v) is 3.01. The highest BCUT2D eigenvalue weighted by Crippen LogP contribution is 2.23. The van der Waals surface area contributed by atoms with Crippen molar-refractivity contribution in [3.05, 3.63) is 66.5 Å². The lowest BCUT2D eigenvalue weighted by molar-refractivity contribution is -0.274. The minimum Gasteiger partial charge on any atom is -0.406 e. The number of allylic oxidation sites excluding steroid dienone is 4. The van der Waals surface area contributed by atoms with E-state index in [-0.39, 0.29) is 5.75 Å². The van der Waals surface area contributed by atoms with Crippen LogP contribution < -0.4 is 4.74 Å². The summed E-state index contributed by atoms with van der Waals surface area (Å²) in [5, 5.41) is 4.22. The Kier molecular flexibility index (Phi) is 5.62. The van der Waals surface area contributed by atoms with Gasteiger partial charge in [-0.25, -0.2) is 4.68 Å². The first kappa shape index (κ1) is 16.9. The van der Waals surface area contributed by atoms with Crippen molar-refractivity contribution in [3.8, 4) is 11.4 Å². The first-order chi connectivity index (χ1) is 11.0. The molecule has 0 saturated carbocycles. The Bertz CT molecular complexity index is 670. The average molecular weight is 322 g/mol. The van der Waals surface area contributed by atoms with Gasteiger partial charge in [0.2, 0.25) is 0 Å². The maximum absolute atomic E-state index is 12.1. The Labute approximate surface area is 132 Å². The molecule has 0 aliphatic rings. The summed E-state index contributed by atoms with van der Waals surface area (Å²) in [5.74, 6) is -0.247. The number of alkyl halides is 3. The van der Waals surface area contributed by atoms with E-state index in [1.54, 1.807) is 10.9 Å². The number of halogens is 3. The number of aryl methyl sites for hydroxylation is 1. The summed E-state index contributed by atoms with van der Waals surface area (Å²) in [6.07, 6.45) is 8.67. The van der Waals surface area contributed by atoms with Gasteiger partial charge in [0, 0.05) is 6.20 Å². The summed E-state index contributed by atoms with van der Waals surface area (Å²) < 4.78 is 41.8. The fourth-order valence-corrected chi connectivity index (χ4v) is 1.97. The van der Waals surface area contributed by atoms with Crippen molar-refractivity contribution in [2.24, 2.45) is 0 Å². The van der Waals surface area contributed by atoms with Gasteiger partial charge in [-0.3, -0.25) is 0 Å².